The molecule has 0 bridgehead atoms. The van der Waals surface area contributed by atoms with Crippen molar-refractivity contribution in [1.29, 1.82) is 0 Å². The zero-order chi connectivity index (χ0) is 15.5. The molecule has 2 N–H and O–H groups in total. The third kappa shape index (κ3) is 3.01. The molecule has 1 aromatic carbocycles. The van der Waals surface area contributed by atoms with E-state index in [-0.39, 0.29) is 0 Å². The molecule has 2 aromatic rings. The lowest BCUT2D eigenvalue weighted by Crippen LogP contribution is -2.45. The number of hydrogen-bond acceptors (Lipinski definition) is 6. The summed E-state index contributed by atoms with van der Waals surface area (Å²) >= 11 is 0. The molecule has 116 valence electrons. The van der Waals surface area contributed by atoms with Gasteiger partial charge in [0.2, 0.25) is 11.9 Å². The summed E-state index contributed by atoms with van der Waals surface area (Å²) in [7, 11) is 0. The predicted octanol–water partition coefficient (Wildman–Crippen LogP) is 2.11. The molecular formula is C16H22N6. The molecule has 0 saturated heterocycles. The van der Waals surface area contributed by atoms with Crippen LogP contribution in [0.4, 0.5) is 5.95 Å². The van der Waals surface area contributed by atoms with Crippen LogP contribution < -0.4 is 10.6 Å². The van der Waals surface area contributed by atoms with Crippen molar-refractivity contribution in [3.8, 4) is 0 Å². The fourth-order valence-corrected chi connectivity index (χ4v) is 2.47. The van der Waals surface area contributed by atoms with Crippen LogP contribution in [-0.2, 0) is 6.42 Å². The third-order valence-corrected chi connectivity index (χ3v) is 3.94. The number of guanidine groups is 1. The fraction of sp³-hybridized carbons (Fsp3) is 0.438. The molecule has 6 nitrogen and oxygen atoms in total. The van der Waals surface area contributed by atoms with Crippen molar-refractivity contribution in [2.45, 2.75) is 27.2 Å². The van der Waals surface area contributed by atoms with Gasteiger partial charge in [0, 0.05) is 5.39 Å². The number of aryl methyl sites for hydroxylation is 2. The zero-order valence-electron chi connectivity index (χ0n) is 13.3. The summed E-state index contributed by atoms with van der Waals surface area (Å²) < 4.78 is 0. The lowest BCUT2D eigenvalue weighted by Gasteiger charge is -2.25. The van der Waals surface area contributed by atoms with E-state index in [2.05, 4.69) is 62.5 Å². The topological polar surface area (TPSA) is 65.4 Å². The number of nitrogens with one attached hydrogen (secondary N) is 2. The number of nitrogens with zero attached hydrogens (tertiary/aromatic N) is 4. The van der Waals surface area contributed by atoms with Gasteiger partial charge in [-0.1, -0.05) is 19.9 Å². The molecule has 0 spiro atoms. The Hall–Kier alpha value is -2.21. The van der Waals surface area contributed by atoms with Gasteiger partial charge in [-0.25, -0.2) is 15.0 Å². The Kier molecular flexibility index (Phi) is 4.20. The molecule has 1 aliphatic rings. The van der Waals surface area contributed by atoms with Crippen LogP contribution in [0.1, 0.15) is 25.1 Å². The van der Waals surface area contributed by atoms with Crippen molar-refractivity contribution in [1.82, 2.24) is 20.2 Å². The summed E-state index contributed by atoms with van der Waals surface area (Å²) in [6.45, 7) is 8.75. The maximum atomic E-state index is 4.59. The van der Waals surface area contributed by atoms with E-state index in [1.807, 2.05) is 6.92 Å². The summed E-state index contributed by atoms with van der Waals surface area (Å²) in [5.41, 5.74) is 3.24. The number of hydrogen-bond donors (Lipinski definition) is 2. The maximum Gasteiger partial charge on any atom is 0.230 e. The van der Waals surface area contributed by atoms with E-state index >= 15 is 0 Å². The van der Waals surface area contributed by atoms with Gasteiger partial charge >= 0.3 is 0 Å². The second kappa shape index (κ2) is 6.27. The Morgan fingerprint density at radius 1 is 1.27 bits per heavy atom. The summed E-state index contributed by atoms with van der Waals surface area (Å²) in [4.78, 5) is 15.8. The predicted molar refractivity (Wildman–Crippen MR) is 90.0 cm³/mol. The summed E-state index contributed by atoms with van der Waals surface area (Å²) in [6.07, 6.45) is 1.02. The summed E-state index contributed by atoms with van der Waals surface area (Å²) in [5, 5.41) is 7.53. The molecule has 2 heterocycles. The first-order valence-corrected chi connectivity index (χ1v) is 7.74. The van der Waals surface area contributed by atoms with Crippen LogP contribution in [0.3, 0.4) is 0 Å². The Morgan fingerprint density at radius 3 is 2.82 bits per heavy atom. The van der Waals surface area contributed by atoms with Gasteiger partial charge in [-0.15, -0.1) is 0 Å². The Balaban J connectivity index is 1.85. The highest BCUT2D eigenvalue weighted by atomic mass is 15.4. The van der Waals surface area contributed by atoms with Gasteiger partial charge in [-0.05, 0) is 37.6 Å². The molecule has 0 fully saturated rings. The lowest BCUT2D eigenvalue weighted by molar-refractivity contribution is 0.279. The molecule has 6 heteroatoms. The van der Waals surface area contributed by atoms with E-state index in [1.165, 1.54) is 5.56 Å². The number of rotatable bonds is 3. The number of anilines is 1. The molecule has 1 aliphatic heterocycles. The van der Waals surface area contributed by atoms with E-state index in [1.54, 1.807) is 0 Å². The Bertz CT molecular complexity index is 709. The molecule has 0 amide bonds. The molecule has 0 saturated carbocycles. The summed E-state index contributed by atoms with van der Waals surface area (Å²) in [6, 6.07) is 6.35. The van der Waals surface area contributed by atoms with Crippen molar-refractivity contribution in [2.75, 3.05) is 25.2 Å². The first kappa shape index (κ1) is 14.7. The largest absolute Gasteiger partial charge is 0.343 e. The van der Waals surface area contributed by atoms with Crippen LogP contribution in [-0.4, -0.2) is 40.7 Å². The highest BCUT2D eigenvalue weighted by molar-refractivity contribution is 5.93. The van der Waals surface area contributed by atoms with Gasteiger partial charge in [0.05, 0.1) is 24.5 Å². The minimum Gasteiger partial charge on any atom is -0.343 e. The van der Waals surface area contributed by atoms with Crippen LogP contribution in [0.25, 0.3) is 10.9 Å². The monoisotopic (exact) mass is 298 g/mol. The van der Waals surface area contributed by atoms with Gasteiger partial charge < -0.3 is 5.32 Å². The van der Waals surface area contributed by atoms with Crippen molar-refractivity contribution < 1.29 is 0 Å². The van der Waals surface area contributed by atoms with Crippen molar-refractivity contribution in [3.63, 3.8) is 0 Å². The van der Waals surface area contributed by atoms with E-state index in [9.17, 15) is 0 Å². The van der Waals surface area contributed by atoms with Crippen molar-refractivity contribution in [2.24, 2.45) is 4.99 Å². The fourth-order valence-electron chi connectivity index (χ4n) is 2.47. The highest BCUT2D eigenvalue weighted by Gasteiger charge is 2.12. The normalized spacial score (nSPS) is 15.5. The first-order chi connectivity index (χ1) is 10.7. The van der Waals surface area contributed by atoms with Gasteiger partial charge in [-0.2, -0.15) is 0 Å². The zero-order valence-corrected chi connectivity index (χ0v) is 13.3. The average Bonchev–Trinajstić information content (AvgIpc) is 2.55. The van der Waals surface area contributed by atoms with Crippen LogP contribution in [0.15, 0.2) is 23.2 Å². The molecular weight excluding hydrogens is 276 g/mol. The smallest absolute Gasteiger partial charge is 0.230 e. The quantitative estimate of drug-likeness (QED) is 0.908. The van der Waals surface area contributed by atoms with E-state index in [0.717, 1.165) is 42.2 Å². The lowest BCUT2D eigenvalue weighted by atomic mass is 10.1. The molecule has 1 aromatic heterocycles. The number of fused-ring (bicyclic) bond motifs is 1. The Morgan fingerprint density at radius 2 is 2.14 bits per heavy atom. The minimum absolute atomic E-state index is 0.588. The van der Waals surface area contributed by atoms with Crippen molar-refractivity contribution in [3.05, 3.63) is 29.5 Å². The SMILES string of the molecule is CCc1ccc2nc(NC3=NCN(CC)CN3)nc(C)c2c1. The molecule has 0 unspecified atom stereocenters. The molecule has 0 aliphatic carbocycles. The van der Waals surface area contributed by atoms with Crippen LogP contribution in [0.5, 0.6) is 0 Å². The van der Waals surface area contributed by atoms with Crippen LogP contribution >= 0.6 is 0 Å². The number of benzene rings is 1. The standard InChI is InChI=1S/C16H22N6/c1-4-12-6-7-14-13(8-12)11(3)19-16(20-14)21-15-17-9-22(5-2)10-18-15/h6-8H,4-5,9-10H2,1-3H3,(H2,17,18,19,20,21). The maximum absolute atomic E-state index is 4.59. The molecule has 0 radical (unpaired) electrons. The minimum atomic E-state index is 0.588. The van der Waals surface area contributed by atoms with Gasteiger partial charge in [-0.3, -0.25) is 10.2 Å². The number of aromatic nitrogens is 2. The molecule has 3 rings (SSSR count). The Labute approximate surface area is 130 Å². The molecule has 22 heavy (non-hydrogen) atoms. The highest BCUT2D eigenvalue weighted by Crippen LogP contribution is 2.19. The van der Waals surface area contributed by atoms with E-state index in [4.69, 9.17) is 0 Å². The first-order valence-electron chi connectivity index (χ1n) is 7.74. The molecule has 0 atom stereocenters. The summed E-state index contributed by atoms with van der Waals surface area (Å²) in [5.74, 6) is 1.32. The second-order valence-electron chi connectivity index (χ2n) is 5.43. The van der Waals surface area contributed by atoms with Gasteiger partial charge in [0.1, 0.15) is 0 Å². The average molecular weight is 298 g/mol. The van der Waals surface area contributed by atoms with E-state index in [0.29, 0.717) is 12.6 Å². The van der Waals surface area contributed by atoms with Gasteiger partial charge in [0.15, 0.2) is 0 Å². The second-order valence-corrected chi connectivity index (χ2v) is 5.43. The van der Waals surface area contributed by atoms with Gasteiger partial charge in [0.25, 0.3) is 0 Å². The van der Waals surface area contributed by atoms with Crippen molar-refractivity contribution >= 4 is 22.8 Å². The third-order valence-electron chi connectivity index (χ3n) is 3.94. The van der Waals surface area contributed by atoms with Crippen LogP contribution in [0.2, 0.25) is 0 Å². The van der Waals surface area contributed by atoms with E-state index < -0.39 is 0 Å². The van der Waals surface area contributed by atoms with Crippen LogP contribution in [0, 0.1) is 6.92 Å². The number of aliphatic imine (C=N–C) groups is 1.